The van der Waals surface area contributed by atoms with Crippen molar-refractivity contribution < 1.29 is 19.4 Å². The Bertz CT molecular complexity index is 1190. The van der Waals surface area contributed by atoms with Crippen LogP contribution in [-0.2, 0) is 22.4 Å². The summed E-state index contributed by atoms with van der Waals surface area (Å²) in [5, 5.41) is 25.8. The van der Waals surface area contributed by atoms with E-state index in [4.69, 9.17) is 9.47 Å². The van der Waals surface area contributed by atoms with Crippen LogP contribution in [0.15, 0.2) is 60.7 Å². The molecule has 0 saturated heterocycles. The number of nitrogens with zero attached hydrogens (tertiary/aromatic N) is 1. The van der Waals surface area contributed by atoms with Crippen molar-refractivity contribution >= 4 is 29.1 Å². The first kappa shape index (κ1) is 29.1. The summed E-state index contributed by atoms with van der Waals surface area (Å²) >= 11 is 0. The number of ether oxygens (including phenoxy) is 2. The minimum atomic E-state index is -0.749. The lowest BCUT2D eigenvalue weighted by Crippen LogP contribution is -2.46. The van der Waals surface area contributed by atoms with E-state index in [1.807, 2.05) is 12.1 Å². The number of hydrogen-bond donors (Lipinski definition) is 2. The average Bonchev–Trinajstić information content (AvgIpc) is 2.85. The molecule has 1 atom stereocenters. The molecule has 0 spiro atoms. The highest BCUT2D eigenvalue weighted by molar-refractivity contribution is 5.85. The number of fused-ring (bicyclic) bond motifs is 1. The zero-order valence-electron chi connectivity index (χ0n) is 21.1. The number of β-amino-alcohol motifs (C(OH)–C–C–N with tert-alkyl or cyclic N) is 1. The zero-order valence-corrected chi connectivity index (χ0v) is 21.9. The van der Waals surface area contributed by atoms with E-state index in [-0.39, 0.29) is 36.9 Å². The van der Waals surface area contributed by atoms with E-state index in [0.717, 1.165) is 12.0 Å². The van der Waals surface area contributed by atoms with Gasteiger partial charge in [0, 0.05) is 18.5 Å². The second kappa shape index (κ2) is 13.8. The molecule has 36 heavy (non-hydrogen) atoms. The number of aliphatic hydroxyl groups is 1. The van der Waals surface area contributed by atoms with E-state index in [2.05, 4.69) is 55.6 Å². The molecule has 0 unspecified atom stereocenters. The number of nitriles is 1. The van der Waals surface area contributed by atoms with E-state index < -0.39 is 6.10 Å². The van der Waals surface area contributed by atoms with Crippen molar-refractivity contribution in [3.8, 4) is 11.8 Å². The molecule has 2 N–H and O–H groups in total. The van der Waals surface area contributed by atoms with Crippen LogP contribution in [0.4, 0.5) is 0 Å². The molecule has 0 fully saturated rings. The molecule has 0 radical (unpaired) electrons. The largest absolute Gasteiger partial charge is 0.489 e. The third kappa shape index (κ3) is 8.83. The molecule has 0 amide bonds. The molecule has 7 heteroatoms. The highest BCUT2D eigenvalue weighted by Gasteiger charge is 2.20. The molecule has 0 aliphatic heterocycles. The van der Waals surface area contributed by atoms with Gasteiger partial charge >= 0.3 is 5.97 Å². The minimum absolute atomic E-state index is 0. The van der Waals surface area contributed by atoms with Crippen LogP contribution in [0.25, 0.3) is 10.8 Å². The predicted molar refractivity (Wildman–Crippen MR) is 145 cm³/mol. The van der Waals surface area contributed by atoms with E-state index in [1.165, 1.54) is 16.3 Å². The van der Waals surface area contributed by atoms with Gasteiger partial charge in [-0.15, -0.1) is 12.4 Å². The number of carbonyl (C=O) groups excluding carboxylic acids is 1. The fraction of sp³-hybridized carbons (Fsp3) is 0.379. The molecule has 6 nitrogen and oxygen atoms in total. The summed E-state index contributed by atoms with van der Waals surface area (Å²) in [4.78, 5) is 11.6. The smallest absolute Gasteiger partial charge is 0.306 e. The topological polar surface area (TPSA) is 91.6 Å². The number of benzene rings is 3. The highest BCUT2D eigenvalue weighted by Crippen LogP contribution is 2.22. The fourth-order valence-corrected chi connectivity index (χ4v) is 3.97. The summed E-state index contributed by atoms with van der Waals surface area (Å²) in [5.74, 6) is 0.149. The van der Waals surface area contributed by atoms with Crippen molar-refractivity contribution in [2.24, 2.45) is 0 Å². The van der Waals surface area contributed by atoms with Crippen LogP contribution in [0.1, 0.15) is 43.9 Å². The van der Waals surface area contributed by atoms with Crippen LogP contribution in [0, 0.1) is 11.3 Å². The number of aliphatic hydroxyl groups excluding tert-OH is 1. The van der Waals surface area contributed by atoms with E-state index in [9.17, 15) is 15.2 Å². The van der Waals surface area contributed by atoms with Gasteiger partial charge in [0.15, 0.2) is 0 Å². The van der Waals surface area contributed by atoms with E-state index in [0.29, 0.717) is 30.9 Å². The number of esters is 1. The SMILES string of the molecule is CCOC(=O)CCc1ccc(C#N)c(OC[C@H](O)CNC(C)(C)Cc2ccc3ccccc3c2)c1.Cl. The first-order valence-corrected chi connectivity index (χ1v) is 12.0. The highest BCUT2D eigenvalue weighted by atomic mass is 35.5. The summed E-state index contributed by atoms with van der Waals surface area (Å²) in [5.41, 5.74) is 2.26. The summed E-state index contributed by atoms with van der Waals surface area (Å²) in [6.07, 6.45) is 0.819. The number of halogens is 1. The Morgan fingerprint density at radius 2 is 1.81 bits per heavy atom. The summed E-state index contributed by atoms with van der Waals surface area (Å²) in [7, 11) is 0. The Kier molecular flexibility index (Phi) is 11.2. The van der Waals surface area contributed by atoms with Crippen molar-refractivity contribution in [2.75, 3.05) is 19.8 Å². The average molecular weight is 511 g/mol. The molecule has 0 aliphatic carbocycles. The monoisotopic (exact) mass is 510 g/mol. The van der Waals surface area contributed by atoms with Crippen molar-refractivity contribution in [1.82, 2.24) is 5.32 Å². The number of nitrogens with one attached hydrogen (secondary N) is 1. The normalized spacial score (nSPS) is 11.9. The van der Waals surface area contributed by atoms with Gasteiger partial charge in [-0.3, -0.25) is 4.79 Å². The van der Waals surface area contributed by atoms with Gasteiger partial charge < -0.3 is 19.9 Å². The first-order chi connectivity index (χ1) is 16.8. The molecule has 3 aromatic carbocycles. The van der Waals surface area contributed by atoms with Crippen LogP contribution in [0.2, 0.25) is 0 Å². The van der Waals surface area contributed by atoms with Crippen molar-refractivity contribution in [2.45, 2.75) is 51.7 Å². The Hall–Kier alpha value is -3.11. The molecule has 3 rings (SSSR count). The van der Waals surface area contributed by atoms with Crippen LogP contribution in [-0.4, -0.2) is 42.5 Å². The number of carbonyl (C=O) groups is 1. The third-order valence-electron chi connectivity index (χ3n) is 5.80. The standard InChI is InChI=1S/C29H34N2O4.ClH/c1-4-34-28(33)14-11-21-9-13-25(18-30)27(16-21)35-20-26(32)19-31-29(2,3)17-22-10-12-23-7-5-6-8-24(23)15-22;/h5-10,12-13,15-16,26,31-32H,4,11,14,17,19-20H2,1-3H3;1H/t26-;/m1./s1. The van der Waals surface area contributed by atoms with Gasteiger partial charge in [-0.2, -0.15) is 5.26 Å². The van der Waals surface area contributed by atoms with Crippen LogP contribution in [0.3, 0.4) is 0 Å². The Morgan fingerprint density at radius 1 is 1.08 bits per heavy atom. The Balaban J connectivity index is 0.00000456. The van der Waals surface area contributed by atoms with Crippen LogP contribution < -0.4 is 10.1 Å². The fourth-order valence-electron chi connectivity index (χ4n) is 3.97. The molecule has 0 aliphatic rings. The minimum Gasteiger partial charge on any atom is -0.489 e. The second-order valence-corrected chi connectivity index (χ2v) is 9.34. The molecule has 0 heterocycles. The first-order valence-electron chi connectivity index (χ1n) is 12.0. The van der Waals surface area contributed by atoms with Crippen molar-refractivity contribution in [3.63, 3.8) is 0 Å². The molecule has 3 aromatic rings. The van der Waals surface area contributed by atoms with Crippen LogP contribution in [0.5, 0.6) is 5.75 Å². The molecular weight excluding hydrogens is 476 g/mol. The van der Waals surface area contributed by atoms with Gasteiger partial charge in [-0.25, -0.2) is 0 Å². The van der Waals surface area contributed by atoms with Crippen molar-refractivity contribution in [3.05, 3.63) is 77.4 Å². The molecular formula is C29H35ClN2O4. The Labute approximate surface area is 219 Å². The van der Waals surface area contributed by atoms with Gasteiger partial charge in [0.1, 0.15) is 24.5 Å². The van der Waals surface area contributed by atoms with Crippen LogP contribution >= 0.6 is 12.4 Å². The Morgan fingerprint density at radius 3 is 2.53 bits per heavy atom. The lowest BCUT2D eigenvalue weighted by molar-refractivity contribution is -0.143. The number of aryl methyl sites for hydroxylation is 1. The van der Waals surface area contributed by atoms with Gasteiger partial charge in [0.2, 0.25) is 0 Å². The molecule has 0 saturated carbocycles. The molecule has 0 bridgehead atoms. The van der Waals surface area contributed by atoms with E-state index in [1.54, 1.807) is 25.1 Å². The number of hydrogen-bond acceptors (Lipinski definition) is 6. The quantitative estimate of drug-likeness (QED) is 0.334. The zero-order chi connectivity index (χ0) is 25.3. The lowest BCUT2D eigenvalue weighted by Gasteiger charge is -2.28. The summed E-state index contributed by atoms with van der Waals surface area (Å²) < 4.78 is 10.8. The van der Waals surface area contributed by atoms with E-state index >= 15 is 0 Å². The van der Waals surface area contributed by atoms with Gasteiger partial charge in [-0.05, 0) is 67.6 Å². The third-order valence-corrected chi connectivity index (χ3v) is 5.80. The van der Waals surface area contributed by atoms with Gasteiger partial charge in [0.25, 0.3) is 0 Å². The second-order valence-electron chi connectivity index (χ2n) is 9.34. The predicted octanol–water partition coefficient (Wildman–Crippen LogP) is 4.98. The van der Waals surface area contributed by atoms with Gasteiger partial charge in [-0.1, -0.05) is 48.5 Å². The molecule has 0 aromatic heterocycles. The maximum Gasteiger partial charge on any atom is 0.306 e. The van der Waals surface area contributed by atoms with Crippen molar-refractivity contribution in [1.29, 1.82) is 5.26 Å². The maximum absolute atomic E-state index is 11.6. The molecule has 192 valence electrons. The summed E-state index contributed by atoms with van der Waals surface area (Å²) in [6, 6.07) is 22.1. The van der Waals surface area contributed by atoms with Gasteiger partial charge in [0.05, 0.1) is 12.2 Å². The maximum atomic E-state index is 11.6. The summed E-state index contributed by atoms with van der Waals surface area (Å²) in [6.45, 7) is 6.75. The lowest BCUT2D eigenvalue weighted by atomic mass is 9.93. The number of rotatable bonds is 12.